The third kappa shape index (κ3) is 3.21. The molecule has 3 aromatic rings. The summed E-state index contributed by atoms with van der Waals surface area (Å²) in [7, 11) is 0. The molecule has 0 saturated heterocycles. The number of fused-ring (bicyclic) bond motifs is 1. The highest BCUT2D eigenvalue weighted by Crippen LogP contribution is 2.23. The van der Waals surface area contributed by atoms with Crippen molar-refractivity contribution in [2.75, 3.05) is 5.84 Å². The van der Waals surface area contributed by atoms with Gasteiger partial charge in [0.2, 0.25) is 0 Å². The van der Waals surface area contributed by atoms with Crippen LogP contribution in [0.5, 0.6) is 0 Å². The Morgan fingerprint density at radius 2 is 1.96 bits per heavy atom. The molecule has 2 N–H and O–H groups in total. The van der Waals surface area contributed by atoms with Gasteiger partial charge >= 0.3 is 0 Å². The van der Waals surface area contributed by atoms with E-state index in [1.54, 1.807) is 18.2 Å². The summed E-state index contributed by atoms with van der Waals surface area (Å²) in [6, 6.07) is 11.3. The molecule has 4 nitrogen and oxygen atoms in total. The minimum absolute atomic E-state index is 0.269. The van der Waals surface area contributed by atoms with Gasteiger partial charge in [-0.25, -0.2) is 9.66 Å². The molecule has 3 rings (SSSR count). The van der Waals surface area contributed by atoms with Crippen molar-refractivity contribution in [2.24, 2.45) is 0 Å². The van der Waals surface area contributed by atoms with Gasteiger partial charge in [-0.15, -0.1) is 0 Å². The van der Waals surface area contributed by atoms with Gasteiger partial charge in [0.25, 0.3) is 5.56 Å². The predicted octanol–water partition coefficient (Wildman–Crippen LogP) is 3.67. The van der Waals surface area contributed by atoms with Crippen LogP contribution >= 0.6 is 23.4 Å². The SMILES string of the molecule is Cc1ccc(CSc2nc3cc(Cl)ccc3c(=O)n2N)cc1C. The number of aryl methyl sites for hydroxylation is 2. The van der Waals surface area contributed by atoms with E-state index in [0.717, 1.165) is 4.68 Å². The van der Waals surface area contributed by atoms with Gasteiger partial charge < -0.3 is 5.84 Å². The molecule has 1 heterocycles. The van der Waals surface area contributed by atoms with E-state index >= 15 is 0 Å². The number of nitrogens with two attached hydrogens (primary N) is 1. The summed E-state index contributed by atoms with van der Waals surface area (Å²) in [5.74, 6) is 6.58. The molecule has 0 radical (unpaired) electrons. The minimum Gasteiger partial charge on any atom is -0.334 e. The summed E-state index contributed by atoms with van der Waals surface area (Å²) >= 11 is 7.41. The first-order valence-electron chi connectivity index (χ1n) is 7.12. The number of aromatic nitrogens is 2. The number of thioether (sulfide) groups is 1. The summed E-state index contributed by atoms with van der Waals surface area (Å²) < 4.78 is 1.10. The highest BCUT2D eigenvalue weighted by molar-refractivity contribution is 7.98. The van der Waals surface area contributed by atoms with Crippen LogP contribution in [0.2, 0.25) is 5.02 Å². The lowest BCUT2D eigenvalue weighted by atomic mass is 10.1. The van der Waals surface area contributed by atoms with Crippen molar-refractivity contribution < 1.29 is 0 Å². The molecule has 0 saturated carbocycles. The molecule has 1 aromatic heterocycles. The summed E-state index contributed by atoms with van der Waals surface area (Å²) in [5, 5.41) is 1.49. The summed E-state index contributed by atoms with van der Waals surface area (Å²) in [5.41, 5.74) is 3.96. The maximum absolute atomic E-state index is 12.3. The standard InChI is InChI=1S/C17H16ClN3OS/c1-10-3-4-12(7-11(10)2)9-23-17-20-15-8-13(18)5-6-14(15)16(22)21(17)19/h3-8H,9,19H2,1-2H3. The smallest absolute Gasteiger partial charge is 0.280 e. The van der Waals surface area contributed by atoms with Gasteiger partial charge in [-0.3, -0.25) is 4.79 Å². The molecular formula is C17H16ClN3OS. The van der Waals surface area contributed by atoms with E-state index in [2.05, 4.69) is 37.0 Å². The minimum atomic E-state index is -0.269. The zero-order valence-electron chi connectivity index (χ0n) is 12.8. The molecule has 6 heteroatoms. The number of hydrogen-bond donors (Lipinski definition) is 1. The quantitative estimate of drug-likeness (QED) is 0.447. The monoisotopic (exact) mass is 345 g/mol. The van der Waals surface area contributed by atoms with Crippen molar-refractivity contribution in [3.63, 3.8) is 0 Å². The van der Waals surface area contributed by atoms with Gasteiger partial charge in [0, 0.05) is 10.8 Å². The highest BCUT2D eigenvalue weighted by Gasteiger charge is 2.10. The van der Waals surface area contributed by atoms with E-state index in [9.17, 15) is 4.79 Å². The average molecular weight is 346 g/mol. The number of benzene rings is 2. The van der Waals surface area contributed by atoms with Crippen LogP contribution < -0.4 is 11.4 Å². The van der Waals surface area contributed by atoms with Gasteiger partial charge in [-0.2, -0.15) is 0 Å². The first-order chi connectivity index (χ1) is 11.0. The Morgan fingerprint density at radius 3 is 2.70 bits per heavy atom. The summed E-state index contributed by atoms with van der Waals surface area (Å²) in [4.78, 5) is 16.8. The second kappa shape index (κ2) is 6.26. The molecule has 0 spiro atoms. The molecule has 0 fully saturated rings. The second-order valence-electron chi connectivity index (χ2n) is 5.44. The lowest BCUT2D eigenvalue weighted by Crippen LogP contribution is -2.29. The van der Waals surface area contributed by atoms with Gasteiger partial charge in [0.15, 0.2) is 5.16 Å². The van der Waals surface area contributed by atoms with E-state index in [-0.39, 0.29) is 5.56 Å². The molecule has 0 bridgehead atoms. The van der Waals surface area contributed by atoms with Crippen molar-refractivity contribution in [3.8, 4) is 0 Å². The molecule has 23 heavy (non-hydrogen) atoms. The molecule has 0 atom stereocenters. The van der Waals surface area contributed by atoms with Gasteiger partial charge in [-0.1, -0.05) is 41.6 Å². The number of hydrogen-bond acceptors (Lipinski definition) is 4. The van der Waals surface area contributed by atoms with Crippen LogP contribution in [0.25, 0.3) is 10.9 Å². The Balaban J connectivity index is 1.94. The maximum atomic E-state index is 12.3. The van der Waals surface area contributed by atoms with Crippen molar-refractivity contribution in [3.05, 3.63) is 68.5 Å². The fraction of sp³-hybridized carbons (Fsp3) is 0.176. The van der Waals surface area contributed by atoms with Crippen molar-refractivity contribution in [2.45, 2.75) is 24.8 Å². The summed E-state index contributed by atoms with van der Waals surface area (Å²) in [6.45, 7) is 4.16. The normalized spacial score (nSPS) is 11.1. The van der Waals surface area contributed by atoms with E-state index in [1.807, 2.05) is 0 Å². The average Bonchev–Trinajstić information content (AvgIpc) is 2.52. The Bertz CT molecular complexity index is 952. The molecule has 2 aromatic carbocycles. The van der Waals surface area contributed by atoms with Crippen LogP contribution in [0.3, 0.4) is 0 Å². The number of halogens is 1. The molecule has 118 valence electrons. The maximum Gasteiger partial charge on any atom is 0.280 e. The lowest BCUT2D eigenvalue weighted by Gasteiger charge is -2.09. The van der Waals surface area contributed by atoms with E-state index in [1.165, 1.54) is 28.5 Å². The Kier molecular flexibility index (Phi) is 4.33. The first kappa shape index (κ1) is 15.9. The topological polar surface area (TPSA) is 60.9 Å². The van der Waals surface area contributed by atoms with Crippen LogP contribution in [-0.4, -0.2) is 9.66 Å². The number of nitrogen functional groups attached to an aromatic ring is 1. The Labute approximate surface area is 143 Å². The predicted molar refractivity (Wildman–Crippen MR) is 96.6 cm³/mol. The summed E-state index contributed by atoms with van der Waals surface area (Å²) in [6.07, 6.45) is 0. The van der Waals surface area contributed by atoms with Crippen molar-refractivity contribution in [1.29, 1.82) is 0 Å². The van der Waals surface area contributed by atoms with Crippen LogP contribution in [-0.2, 0) is 5.75 Å². The zero-order valence-corrected chi connectivity index (χ0v) is 14.4. The van der Waals surface area contributed by atoms with Crippen molar-refractivity contribution >= 4 is 34.3 Å². The fourth-order valence-electron chi connectivity index (χ4n) is 2.29. The Hall–Kier alpha value is -1.98. The van der Waals surface area contributed by atoms with Crippen LogP contribution in [0.4, 0.5) is 0 Å². The molecule has 0 aliphatic carbocycles. The first-order valence-corrected chi connectivity index (χ1v) is 8.48. The number of rotatable bonds is 3. The molecule has 0 aliphatic heterocycles. The molecule has 0 amide bonds. The number of nitrogens with zero attached hydrogens (tertiary/aromatic N) is 2. The van der Waals surface area contributed by atoms with Crippen molar-refractivity contribution in [1.82, 2.24) is 9.66 Å². The fourth-order valence-corrected chi connectivity index (χ4v) is 3.32. The van der Waals surface area contributed by atoms with E-state index in [4.69, 9.17) is 17.4 Å². The van der Waals surface area contributed by atoms with E-state index in [0.29, 0.717) is 26.8 Å². The van der Waals surface area contributed by atoms with E-state index < -0.39 is 0 Å². The molecule has 0 aliphatic rings. The molecular weight excluding hydrogens is 330 g/mol. The lowest BCUT2D eigenvalue weighted by molar-refractivity contribution is 0.779. The van der Waals surface area contributed by atoms with Gasteiger partial charge in [-0.05, 0) is 48.7 Å². The highest BCUT2D eigenvalue weighted by atomic mass is 35.5. The third-order valence-corrected chi connectivity index (χ3v) is 5.03. The van der Waals surface area contributed by atoms with Gasteiger partial charge in [0.05, 0.1) is 10.9 Å². The Morgan fingerprint density at radius 1 is 1.17 bits per heavy atom. The second-order valence-corrected chi connectivity index (χ2v) is 6.82. The van der Waals surface area contributed by atoms with Crippen LogP contribution in [0.15, 0.2) is 46.3 Å². The van der Waals surface area contributed by atoms with Gasteiger partial charge in [0.1, 0.15) is 0 Å². The zero-order chi connectivity index (χ0) is 16.6. The van der Waals surface area contributed by atoms with Crippen LogP contribution in [0.1, 0.15) is 16.7 Å². The van der Waals surface area contributed by atoms with Crippen LogP contribution in [0, 0.1) is 13.8 Å². The largest absolute Gasteiger partial charge is 0.334 e. The third-order valence-electron chi connectivity index (χ3n) is 3.77. The molecule has 0 unspecified atom stereocenters.